The summed E-state index contributed by atoms with van der Waals surface area (Å²) >= 11 is 0. The summed E-state index contributed by atoms with van der Waals surface area (Å²) in [6, 6.07) is 10.7. The van der Waals surface area contributed by atoms with E-state index in [1.54, 1.807) is 12.4 Å². The highest BCUT2D eigenvalue weighted by molar-refractivity contribution is 5.38. The van der Waals surface area contributed by atoms with Crippen molar-refractivity contribution in [3.63, 3.8) is 0 Å². The Balaban J connectivity index is 2.19. The zero-order valence-corrected chi connectivity index (χ0v) is 11.5. The monoisotopic (exact) mass is 256 g/mol. The Morgan fingerprint density at radius 3 is 2.37 bits per heavy atom. The van der Waals surface area contributed by atoms with Crippen LogP contribution in [0.1, 0.15) is 25.1 Å². The van der Waals surface area contributed by atoms with Crippen LogP contribution in [-0.2, 0) is 13.1 Å². The van der Waals surface area contributed by atoms with E-state index in [-0.39, 0.29) is 0 Å². The van der Waals surface area contributed by atoms with E-state index in [2.05, 4.69) is 53.0 Å². The summed E-state index contributed by atoms with van der Waals surface area (Å²) in [5.41, 5.74) is 7.62. The molecule has 0 bridgehead atoms. The van der Waals surface area contributed by atoms with Crippen molar-refractivity contribution >= 4 is 5.82 Å². The van der Waals surface area contributed by atoms with E-state index < -0.39 is 0 Å². The van der Waals surface area contributed by atoms with Gasteiger partial charge in [-0.3, -0.25) is 4.98 Å². The van der Waals surface area contributed by atoms with Crippen LogP contribution in [0.4, 0.5) is 5.82 Å². The number of rotatable bonds is 5. The van der Waals surface area contributed by atoms with Gasteiger partial charge in [0.25, 0.3) is 0 Å². The quantitative estimate of drug-likeness (QED) is 0.892. The van der Waals surface area contributed by atoms with Crippen LogP contribution in [0.15, 0.2) is 42.7 Å². The molecule has 0 saturated carbocycles. The van der Waals surface area contributed by atoms with E-state index in [4.69, 9.17) is 5.73 Å². The lowest BCUT2D eigenvalue weighted by Crippen LogP contribution is -2.31. The Hall–Kier alpha value is -1.94. The normalized spacial score (nSPS) is 10.7. The van der Waals surface area contributed by atoms with Gasteiger partial charge in [-0.25, -0.2) is 4.98 Å². The van der Waals surface area contributed by atoms with Gasteiger partial charge in [0, 0.05) is 19.1 Å². The molecule has 1 aromatic carbocycles. The van der Waals surface area contributed by atoms with Crippen molar-refractivity contribution in [2.75, 3.05) is 4.90 Å². The Morgan fingerprint density at radius 2 is 1.84 bits per heavy atom. The highest BCUT2D eigenvalue weighted by atomic mass is 15.2. The highest BCUT2D eigenvalue weighted by Gasteiger charge is 2.12. The molecule has 0 unspecified atom stereocenters. The molecule has 0 aliphatic rings. The first-order chi connectivity index (χ1) is 9.20. The number of benzene rings is 1. The molecule has 0 fully saturated rings. The van der Waals surface area contributed by atoms with Crippen molar-refractivity contribution in [1.29, 1.82) is 0 Å². The zero-order valence-electron chi connectivity index (χ0n) is 11.5. The number of hydrogen-bond acceptors (Lipinski definition) is 4. The van der Waals surface area contributed by atoms with E-state index in [0.717, 1.165) is 18.1 Å². The Bertz CT molecular complexity index is 493. The SMILES string of the molecule is CC(C)N(Cc1ccccc1)c1cnc(CN)cn1. The average Bonchev–Trinajstić information content (AvgIpc) is 2.46. The van der Waals surface area contributed by atoms with Gasteiger partial charge in [-0.05, 0) is 19.4 Å². The number of nitrogens with two attached hydrogens (primary N) is 1. The fraction of sp³-hybridized carbons (Fsp3) is 0.333. The number of hydrogen-bond donors (Lipinski definition) is 1. The molecule has 100 valence electrons. The topological polar surface area (TPSA) is 55.0 Å². The second-order valence-electron chi connectivity index (χ2n) is 4.78. The van der Waals surface area contributed by atoms with Crippen molar-refractivity contribution in [2.24, 2.45) is 5.73 Å². The van der Waals surface area contributed by atoms with Crippen LogP contribution in [0.3, 0.4) is 0 Å². The molecule has 0 aliphatic heterocycles. The summed E-state index contributed by atoms with van der Waals surface area (Å²) in [5, 5.41) is 0. The van der Waals surface area contributed by atoms with Gasteiger partial charge in [0.1, 0.15) is 5.82 Å². The zero-order chi connectivity index (χ0) is 13.7. The smallest absolute Gasteiger partial charge is 0.147 e. The maximum absolute atomic E-state index is 5.54. The summed E-state index contributed by atoms with van der Waals surface area (Å²) in [4.78, 5) is 11.0. The molecule has 0 spiro atoms. The molecule has 0 saturated heterocycles. The molecule has 2 rings (SSSR count). The minimum Gasteiger partial charge on any atom is -0.349 e. The lowest BCUT2D eigenvalue weighted by atomic mass is 10.2. The minimum atomic E-state index is 0.359. The number of nitrogens with zero attached hydrogens (tertiary/aromatic N) is 3. The third-order valence-electron chi connectivity index (χ3n) is 3.01. The molecule has 2 N–H and O–H groups in total. The first kappa shape index (κ1) is 13.5. The van der Waals surface area contributed by atoms with Crippen LogP contribution in [-0.4, -0.2) is 16.0 Å². The van der Waals surface area contributed by atoms with Gasteiger partial charge < -0.3 is 10.6 Å². The molecule has 2 aromatic rings. The molecule has 0 radical (unpaired) electrons. The summed E-state index contributed by atoms with van der Waals surface area (Å²) < 4.78 is 0. The van der Waals surface area contributed by atoms with Crippen LogP contribution in [0.5, 0.6) is 0 Å². The van der Waals surface area contributed by atoms with E-state index in [0.29, 0.717) is 12.6 Å². The lowest BCUT2D eigenvalue weighted by molar-refractivity contribution is 0.669. The third-order valence-corrected chi connectivity index (χ3v) is 3.01. The second kappa shape index (κ2) is 6.29. The first-order valence-electron chi connectivity index (χ1n) is 6.52. The van der Waals surface area contributed by atoms with Crippen molar-refractivity contribution in [1.82, 2.24) is 9.97 Å². The molecule has 0 aliphatic carbocycles. The van der Waals surface area contributed by atoms with Gasteiger partial charge >= 0.3 is 0 Å². The van der Waals surface area contributed by atoms with E-state index in [9.17, 15) is 0 Å². The Labute approximate surface area is 114 Å². The van der Waals surface area contributed by atoms with Gasteiger partial charge in [0.05, 0.1) is 18.1 Å². The lowest BCUT2D eigenvalue weighted by Gasteiger charge is -2.27. The second-order valence-corrected chi connectivity index (χ2v) is 4.78. The highest BCUT2D eigenvalue weighted by Crippen LogP contribution is 2.16. The minimum absolute atomic E-state index is 0.359. The first-order valence-corrected chi connectivity index (χ1v) is 6.52. The van der Waals surface area contributed by atoms with Crippen LogP contribution in [0.2, 0.25) is 0 Å². The maximum Gasteiger partial charge on any atom is 0.147 e. The summed E-state index contributed by atoms with van der Waals surface area (Å²) in [6.45, 7) is 5.56. The van der Waals surface area contributed by atoms with Crippen molar-refractivity contribution in [3.8, 4) is 0 Å². The summed E-state index contributed by atoms with van der Waals surface area (Å²) in [7, 11) is 0. The van der Waals surface area contributed by atoms with E-state index in [1.807, 2.05) is 6.07 Å². The van der Waals surface area contributed by atoms with Gasteiger partial charge in [0.2, 0.25) is 0 Å². The van der Waals surface area contributed by atoms with Gasteiger partial charge in [-0.2, -0.15) is 0 Å². The van der Waals surface area contributed by atoms with Crippen molar-refractivity contribution in [3.05, 3.63) is 54.0 Å². The molecule has 0 amide bonds. The van der Waals surface area contributed by atoms with Crippen molar-refractivity contribution in [2.45, 2.75) is 33.0 Å². The van der Waals surface area contributed by atoms with Gasteiger partial charge in [0.15, 0.2) is 0 Å². The molecule has 4 nitrogen and oxygen atoms in total. The van der Waals surface area contributed by atoms with Crippen molar-refractivity contribution < 1.29 is 0 Å². The fourth-order valence-electron chi connectivity index (χ4n) is 1.91. The number of aromatic nitrogens is 2. The van der Waals surface area contributed by atoms with Crippen LogP contribution >= 0.6 is 0 Å². The Kier molecular flexibility index (Phi) is 4.47. The molecular formula is C15H20N4. The number of anilines is 1. The van der Waals surface area contributed by atoms with E-state index in [1.165, 1.54) is 5.56 Å². The largest absolute Gasteiger partial charge is 0.349 e. The molecule has 4 heteroatoms. The third kappa shape index (κ3) is 3.51. The fourth-order valence-corrected chi connectivity index (χ4v) is 1.91. The van der Waals surface area contributed by atoms with Crippen LogP contribution in [0, 0.1) is 0 Å². The van der Waals surface area contributed by atoms with Crippen LogP contribution < -0.4 is 10.6 Å². The Morgan fingerprint density at radius 1 is 1.11 bits per heavy atom. The predicted octanol–water partition coefficient (Wildman–Crippen LogP) is 2.35. The molecule has 0 atom stereocenters. The average molecular weight is 256 g/mol. The molecule has 19 heavy (non-hydrogen) atoms. The van der Waals surface area contributed by atoms with E-state index >= 15 is 0 Å². The predicted molar refractivity (Wildman–Crippen MR) is 77.7 cm³/mol. The summed E-state index contributed by atoms with van der Waals surface area (Å²) in [5.74, 6) is 0.885. The molecular weight excluding hydrogens is 236 g/mol. The maximum atomic E-state index is 5.54. The standard InChI is InChI=1S/C15H20N4/c1-12(2)19(11-13-6-4-3-5-7-13)15-10-17-14(8-16)9-18-15/h3-7,9-10,12H,8,11,16H2,1-2H3. The molecule has 1 aromatic heterocycles. The van der Waals surface area contributed by atoms with Gasteiger partial charge in [-0.15, -0.1) is 0 Å². The van der Waals surface area contributed by atoms with Gasteiger partial charge in [-0.1, -0.05) is 30.3 Å². The molecule has 1 heterocycles. The van der Waals surface area contributed by atoms with Crippen LogP contribution in [0.25, 0.3) is 0 Å². The summed E-state index contributed by atoms with van der Waals surface area (Å²) in [6.07, 6.45) is 3.54.